The van der Waals surface area contributed by atoms with E-state index in [0.29, 0.717) is 22.5 Å². The highest BCUT2D eigenvalue weighted by Crippen LogP contribution is 2.26. The van der Waals surface area contributed by atoms with Gasteiger partial charge in [0.2, 0.25) is 0 Å². The van der Waals surface area contributed by atoms with E-state index >= 15 is 0 Å². The Bertz CT molecular complexity index is 1310. The standard InChI is InChI=1S/C25H24N4O4S/c1-15-12-16(2)27-25(26-15)34-14-17-8-10-18(11-9-17)23(30)28-29-24(31)22-20(13-32-3)19-6-4-5-7-21(19)33-22/h4-12H,13-14H2,1-3H3,(H,28,30)(H,29,31). The number of fused-ring (bicyclic) bond motifs is 1. The van der Waals surface area contributed by atoms with Crippen molar-refractivity contribution in [2.75, 3.05) is 7.11 Å². The minimum atomic E-state index is -0.557. The third-order valence-corrected chi connectivity index (χ3v) is 5.95. The van der Waals surface area contributed by atoms with Crippen molar-refractivity contribution in [2.24, 2.45) is 0 Å². The van der Waals surface area contributed by atoms with Crippen LogP contribution in [0.1, 0.15) is 43.4 Å². The summed E-state index contributed by atoms with van der Waals surface area (Å²) >= 11 is 1.53. The Morgan fingerprint density at radius 1 is 0.971 bits per heavy atom. The Balaban J connectivity index is 1.36. The number of carbonyl (C=O) groups excluding carboxylic acids is 2. The lowest BCUT2D eigenvalue weighted by atomic mass is 10.1. The monoisotopic (exact) mass is 476 g/mol. The van der Waals surface area contributed by atoms with E-state index < -0.39 is 11.8 Å². The van der Waals surface area contributed by atoms with Crippen molar-refractivity contribution >= 4 is 34.5 Å². The molecule has 0 spiro atoms. The summed E-state index contributed by atoms with van der Waals surface area (Å²) in [7, 11) is 1.54. The first-order chi connectivity index (χ1) is 16.4. The number of benzene rings is 2. The second-order valence-electron chi connectivity index (χ2n) is 7.67. The topological polar surface area (TPSA) is 106 Å². The predicted octanol–water partition coefficient (Wildman–Crippen LogP) is 4.35. The van der Waals surface area contributed by atoms with Gasteiger partial charge in [0, 0.05) is 40.8 Å². The van der Waals surface area contributed by atoms with Gasteiger partial charge >= 0.3 is 5.91 Å². The molecule has 0 fully saturated rings. The van der Waals surface area contributed by atoms with Gasteiger partial charge in [-0.25, -0.2) is 9.97 Å². The maximum atomic E-state index is 12.7. The second-order valence-corrected chi connectivity index (χ2v) is 8.61. The Kier molecular flexibility index (Phi) is 7.24. The normalized spacial score (nSPS) is 10.9. The van der Waals surface area contributed by atoms with E-state index in [9.17, 15) is 9.59 Å². The smallest absolute Gasteiger partial charge is 0.305 e. The summed E-state index contributed by atoms with van der Waals surface area (Å²) < 4.78 is 10.9. The van der Waals surface area contributed by atoms with Gasteiger partial charge < -0.3 is 9.15 Å². The molecule has 0 aliphatic rings. The van der Waals surface area contributed by atoms with Gasteiger partial charge in [0.05, 0.1) is 6.61 Å². The second kappa shape index (κ2) is 10.5. The number of furan rings is 1. The molecule has 2 aromatic heterocycles. The first-order valence-corrected chi connectivity index (χ1v) is 11.6. The van der Waals surface area contributed by atoms with E-state index in [1.54, 1.807) is 25.3 Å². The average Bonchev–Trinajstić information content (AvgIpc) is 3.20. The summed E-state index contributed by atoms with van der Waals surface area (Å²) in [5.41, 5.74) is 9.36. The number of para-hydroxylation sites is 1. The number of nitrogens with one attached hydrogen (secondary N) is 2. The maximum absolute atomic E-state index is 12.7. The van der Waals surface area contributed by atoms with Crippen LogP contribution in [-0.2, 0) is 17.1 Å². The van der Waals surface area contributed by atoms with Crippen molar-refractivity contribution in [1.82, 2.24) is 20.8 Å². The molecule has 0 saturated heterocycles. The number of hydrogen-bond acceptors (Lipinski definition) is 7. The number of thioether (sulfide) groups is 1. The third kappa shape index (κ3) is 5.44. The number of aromatic nitrogens is 2. The molecule has 174 valence electrons. The van der Waals surface area contributed by atoms with Gasteiger partial charge in [-0.3, -0.25) is 20.4 Å². The van der Waals surface area contributed by atoms with Crippen LogP contribution in [-0.4, -0.2) is 28.9 Å². The highest BCUT2D eigenvalue weighted by molar-refractivity contribution is 7.98. The third-order valence-electron chi connectivity index (χ3n) is 5.03. The van der Waals surface area contributed by atoms with Crippen LogP contribution >= 0.6 is 11.8 Å². The van der Waals surface area contributed by atoms with E-state index in [2.05, 4.69) is 20.8 Å². The van der Waals surface area contributed by atoms with Crippen LogP contribution in [0, 0.1) is 13.8 Å². The zero-order valence-corrected chi connectivity index (χ0v) is 19.9. The van der Waals surface area contributed by atoms with Gasteiger partial charge in [-0.05, 0) is 43.7 Å². The molecule has 0 radical (unpaired) electrons. The number of methoxy groups -OCH3 is 1. The molecule has 0 saturated carbocycles. The summed E-state index contributed by atoms with van der Waals surface area (Å²) in [5.74, 6) is -0.215. The van der Waals surface area contributed by atoms with Crippen LogP contribution in [0.25, 0.3) is 11.0 Å². The molecule has 4 aromatic rings. The first kappa shape index (κ1) is 23.5. The fourth-order valence-corrected chi connectivity index (χ4v) is 4.38. The predicted molar refractivity (Wildman–Crippen MR) is 129 cm³/mol. The lowest BCUT2D eigenvalue weighted by Crippen LogP contribution is -2.41. The molecule has 9 heteroatoms. The minimum Gasteiger partial charge on any atom is -0.450 e. The van der Waals surface area contributed by atoms with Gasteiger partial charge in [-0.2, -0.15) is 0 Å². The van der Waals surface area contributed by atoms with Crippen LogP contribution in [0.3, 0.4) is 0 Å². The van der Waals surface area contributed by atoms with Crippen molar-refractivity contribution in [1.29, 1.82) is 0 Å². The van der Waals surface area contributed by atoms with Crippen molar-refractivity contribution in [3.8, 4) is 0 Å². The minimum absolute atomic E-state index is 0.101. The van der Waals surface area contributed by atoms with Crippen molar-refractivity contribution in [3.05, 3.63) is 88.4 Å². The maximum Gasteiger partial charge on any atom is 0.305 e. The van der Waals surface area contributed by atoms with Crippen LogP contribution in [0.4, 0.5) is 0 Å². The zero-order chi connectivity index (χ0) is 24.1. The average molecular weight is 477 g/mol. The molecule has 0 unspecified atom stereocenters. The Morgan fingerprint density at radius 2 is 1.65 bits per heavy atom. The molecular weight excluding hydrogens is 452 g/mol. The fraction of sp³-hybridized carbons (Fsp3) is 0.200. The highest BCUT2D eigenvalue weighted by atomic mass is 32.2. The molecule has 2 N–H and O–H groups in total. The van der Waals surface area contributed by atoms with Crippen molar-refractivity contribution in [2.45, 2.75) is 31.4 Å². The Labute approximate surface area is 201 Å². The SMILES string of the molecule is COCc1c(C(=O)NNC(=O)c2ccc(CSc3nc(C)cc(C)n3)cc2)oc2ccccc12. The Hall–Kier alpha value is -3.69. The molecule has 8 nitrogen and oxygen atoms in total. The summed E-state index contributed by atoms with van der Waals surface area (Å²) in [4.78, 5) is 34.0. The van der Waals surface area contributed by atoms with E-state index in [0.717, 1.165) is 27.5 Å². The van der Waals surface area contributed by atoms with Crippen LogP contribution in [0.15, 0.2) is 64.2 Å². The molecule has 34 heavy (non-hydrogen) atoms. The number of rotatable bonds is 7. The molecule has 0 atom stereocenters. The molecular formula is C25H24N4O4S. The van der Waals surface area contributed by atoms with Crippen molar-refractivity contribution in [3.63, 3.8) is 0 Å². The summed E-state index contributed by atoms with van der Waals surface area (Å²) in [6, 6.07) is 16.4. The van der Waals surface area contributed by atoms with E-state index in [1.807, 2.05) is 50.2 Å². The molecule has 0 aliphatic heterocycles. The largest absolute Gasteiger partial charge is 0.450 e. The summed E-state index contributed by atoms with van der Waals surface area (Å²) in [6.45, 7) is 4.09. The first-order valence-electron chi connectivity index (χ1n) is 10.6. The number of nitrogens with zero attached hydrogens (tertiary/aromatic N) is 2. The van der Waals surface area contributed by atoms with Crippen LogP contribution in [0.2, 0.25) is 0 Å². The number of hydrogen-bond donors (Lipinski definition) is 2. The van der Waals surface area contributed by atoms with Crippen molar-refractivity contribution < 1.29 is 18.7 Å². The number of amides is 2. The summed E-state index contributed by atoms with van der Waals surface area (Å²) in [6.07, 6.45) is 0. The Morgan fingerprint density at radius 3 is 2.35 bits per heavy atom. The zero-order valence-electron chi connectivity index (χ0n) is 19.0. The number of hydrazine groups is 1. The van der Waals surface area contributed by atoms with Crippen LogP contribution < -0.4 is 10.9 Å². The quantitative estimate of drug-likeness (QED) is 0.232. The summed E-state index contributed by atoms with van der Waals surface area (Å²) in [5, 5.41) is 1.51. The lowest BCUT2D eigenvalue weighted by molar-refractivity contribution is 0.0828. The van der Waals surface area contributed by atoms with E-state index in [4.69, 9.17) is 9.15 Å². The van der Waals surface area contributed by atoms with Crippen LogP contribution in [0.5, 0.6) is 0 Å². The van der Waals surface area contributed by atoms with Gasteiger partial charge in [0.25, 0.3) is 5.91 Å². The number of carbonyl (C=O) groups is 2. The van der Waals surface area contributed by atoms with Gasteiger partial charge in [-0.15, -0.1) is 0 Å². The molecule has 0 bridgehead atoms. The lowest BCUT2D eigenvalue weighted by Gasteiger charge is -2.08. The van der Waals surface area contributed by atoms with Gasteiger partial charge in [0.15, 0.2) is 10.9 Å². The molecule has 2 heterocycles. The van der Waals surface area contributed by atoms with E-state index in [-0.39, 0.29) is 12.4 Å². The number of ether oxygens (including phenoxy) is 1. The van der Waals surface area contributed by atoms with Gasteiger partial charge in [0.1, 0.15) is 5.58 Å². The highest BCUT2D eigenvalue weighted by Gasteiger charge is 2.21. The molecule has 2 amide bonds. The molecule has 2 aromatic carbocycles. The van der Waals surface area contributed by atoms with E-state index in [1.165, 1.54) is 11.8 Å². The number of aryl methyl sites for hydroxylation is 2. The fourth-order valence-electron chi connectivity index (χ4n) is 3.47. The molecule has 0 aliphatic carbocycles. The molecule has 4 rings (SSSR count). The van der Waals surface area contributed by atoms with Gasteiger partial charge in [-0.1, -0.05) is 42.1 Å².